The molecule has 0 fully saturated rings. The molecular weight excluding hydrogens is 548 g/mol. The highest BCUT2D eigenvalue weighted by atomic mass is 19.4. The van der Waals surface area contributed by atoms with Crippen LogP contribution in [0.25, 0.3) is 16.9 Å². The molecule has 0 spiro atoms. The van der Waals surface area contributed by atoms with Crippen LogP contribution in [0.2, 0.25) is 0 Å². The Kier molecular flexibility index (Phi) is 8.19. The van der Waals surface area contributed by atoms with Gasteiger partial charge >= 0.3 is 6.18 Å². The van der Waals surface area contributed by atoms with Gasteiger partial charge in [-0.2, -0.15) is 23.5 Å². The van der Waals surface area contributed by atoms with E-state index in [2.05, 4.69) is 31.0 Å². The van der Waals surface area contributed by atoms with Crippen molar-refractivity contribution in [2.75, 3.05) is 18.4 Å². The number of hydrogen-bond acceptors (Lipinski definition) is 8. The van der Waals surface area contributed by atoms with Gasteiger partial charge in [0, 0.05) is 36.9 Å². The van der Waals surface area contributed by atoms with Crippen LogP contribution < -0.4 is 21.7 Å². The Balaban J connectivity index is 1.61. The molecule has 3 aromatic heterocycles. The third-order valence-corrected chi connectivity index (χ3v) is 5.91. The molecule has 4 aromatic rings. The van der Waals surface area contributed by atoms with E-state index in [0.717, 1.165) is 16.9 Å². The van der Waals surface area contributed by atoms with E-state index in [1.165, 1.54) is 36.0 Å². The van der Waals surface area contributed by atoms with Gasteiger partial charge in [0.05, 0.1) is 35.6 Å². The summed E-state index contributed by atoms with van der Waals surface area (Å²) in [5, 5.41) is 20.4. The van der Waals surface area contributed by atoms with Gasteiger partial charge in [-0.25, -0.2) is 14.4 Å². The minimum absolute atomic E-state index is 0.0492. The van der Waals surface area contributed by atoms with Crippen LogP contribution in [0.3, 0.4) is 0 Å². The van der Waals surface area contributed by atoms with Crippen LogP contribution in [0, 0.1) is 24.1 Å². The van der Waals surface area contributed by atoms with Crippen LogP contribution >= 0.6 is 0 Å². The first-order valence-corrected chi connectivity index (χ1v) is 12.1. The number of imidazole rings is 1. The monoisotopic (exact) mass is 572 g/mol. The first-order valence-electron chi connectivity index (χ1n) is 12.1. The molecule has 0 radical (unpaired) electrons. The van der Waals surface area contributed by atoms with E-state index >= 15 is 4.39 Å². The number of anilines is 2. The number of rotatable bonds is 9. The number of carbonyl (C=O) groups is 2. The normalized spacial score (nSPS) is 12.1. The van der Waals surface area contributed by atoms with Gasteiger partial charge in [-0.05, 0) is 31.5 Å². The maximum Gasteiger partial charge on any atom is 0.435 e. The second kappa shape index (κ2) is 11.6. The van der Waals surface area contributed by atoms with Crippen molar-refractivity contribution in [1.82, 2.24) is 34.8 Å². The number of alkyl halides is 3. The summed E-state index contributed by atoms with van der Waals surface area (Å²) in [6, 6.07) is 3.82. The standard InChI is InChI=1S/C25H24F4N10O2/c1-13-7-15(8-17(26)20(13)24(41)35-14(2)10-33-19(40)9-31)36-22-23-34-11-18(39(23)6-4-32-22)16-12-38(5-3-30)37-21(16)25(27,28)29/h4,6-8,11-12,14H,5,9-10,31H2,1-2H3,(H,32,36)(H,33,40)(H,35,41). The highest BCUT2D eigenvalue weighted by molar-refractivity contribution is 5.96. The molecule has 0 aliphatic rings. The van der Waals surface area contributed by atoms with Gasteiger partial charge in [0.2, 0.25) is 5.91 Å². The van der Waals surface area contributed by atoms with Crippen LogP contribution in [0.4, 0.5) is 29.1 Å². The van der Waals surface area contributed by atoms with Crippen molar-refractivity contribution in [2.45, 2.75) is 32.6 Å². The second-order valence-corrected chi connectivity index (χ2v) is 9.02. The number of halogens is 4. The molecule has 41 heavy (non-hydrogen) atoms. The molecule has 0 saturated heterocycles. The van der Waals surface area contributed by atoms with E-state index in [-0.39, 0.29) is 53.6 Å². The van der Waals surface area contributed by atoms with Gasteiger partial charge in [0.1, 0.15) is 12.4 Å². The number of benzene rings is 1. The molecule has 1 aromatic carbocycles. The van der Waals surface area contributed by atoms with Crippen molar-refractivity contribution in [3.8, 4) is 17.3 Å². The van der Waals surface area contributed by atoms with Crippen LogP contribution in [-0.4, -0.2) is 55.1 Å². The lowest BCUT2D eigenvalue weighted by Gasteiger charge is -2.17. The molecule has 12 nitrogen and oxygen atoms in total. The highest BCUT2D eigenvalue weighted by Crippen LogP contribution is 2.37. The first-order chi connectivity index (χ1) is 19.4. The molecule has 5 N–H and O–H groups in total. The summed E-state index contributed by atoms with van der Waals surface area (Å²) >= 11 is 0. The second-order valence-electron chi connectivity index (χ2n) is 9.02. The predicted molar refractivity (Wildman–Crippen MR) is 138 cm³/mol. The van der Waals surface area contributed by atoms with Crippen molar-refractivity contribution in [2.24, 2.45) is 5.73 Å². The fourth-order valence-corrected chi connectivity index (χ4v) is 4.10. The summed E-state index contributed by atoms with van der Waals surface area (Å²) in [5.41, 5.74) is 4.26. The quantitative estimate of drug-likeness (QED) is 0.222. The van der Waals surface area contributed by atoms with Gasteiger partial charge in [0.15, 0.2) is 17.2 Å². The summed E-state index contributed by atoms with van der Waals surface area (Å²) in [6.45, 7) is 2.69. The van der Waals surface area contributed by atoms with Crippen LogP contribution in [0.5, 0.6) is 0 Å². The van der Waals surface area contributed by atoms with Gasteiger partial charge in [-0.15, -0.1) is 0 Å². The number of aromatic nitrogens is 5. The largest absolute Gasteiger partial charge is 0.435 e. The number of nitrogens with zero attached hydrogens (tertiary/aromatic N) is 6. The molecule has 0 saturated carbocycles. The molecule has 0 aliphatic heterocycles. The summed E-state index contributed by atoms with van der Waals surface area (Å²) < 4.78 is 58.4. The Bertz CT molecular complexity index is 1630. The van der Waals surface area contributed by atoms with E-state index < -0.39 is 35.5 Å². The SMILES string of the molecule is Cc1cc(Nc2nccn3c(-c4cn(CC#N)nc4C(F)(F)F)cnc23)cc(F)c1C(=O)NC(C)CNC(=O)CN. The van der Waals surface area contributed by atoms with E-state index in [1.54, 1.807) is 13.0 Å². The average molecular weight is 573 g/mol. The molecule has 4 rings (SSSR count). The molecule has 3 heterocycles. The Morgan fingerprint density at radius 3 is 2.66 bits per heavy atom. The number of nitrogens with two attached hydrogens (primary N) is 1. The van der Waals surface area contributed by atoms with Gasteiger partial charge in [-0.3, -0.25) is 18.7 Å². The van der Waals surface area contributed by atoms with Crippen molar-refractivity contribution < 1.29 is 27.2 Å². The summed E-state index contributed by atoms with van der Waals surface area (Å²) in [7, 11) is 0. The van der Waals surface area contributed by atoms with E-state index in [4.69, 9.17) is 11.0 Å². The Hall–Kier alpha value is -5.04. The van der Waals surface area contributed by atoms with E-state index in [1.807, 2.05) is 0 Å². The van der Waals surface area contributed by atoms with E-state index in [9.17, 15) is 22.8 Å². The first kappa shape index (κ1) is 29.0. The number of carbonyl (C=O) groups excluding carboxylic acids is 2. The van der Waals surface area contributed by atoms with Crippen LogP contribution in [0.1, 0.15) is 28.5 Å². The minimum atomic E-state index is -4.78. The third kappa shape index (κ3) is 6.25. The Morgan fingerprint density at radius 1 is 1.24 bits per heavy atom. The van der Waals surface area contributed by atoms with Crippen molar-refractivity contribution >= 4 is 29.0 Å². The summed E-state index contributed by atoms with van der Waals surface area (Å²) in [4.78, 5) is 32.4. The van der Waals surface area contributed by atoms with Crippen LogP contribution in [0.15, 0.2) is 36.9 Å². The molecule has 0 bridgehead atoms. The average Bonchev–Trinajstić information content (AvgIpc) is 3.52. The zero-order valence-corrected chi connectivity index (χ0v) is 21.8. The lowest BCUT2D eigenvalue weighted by Crippen LogP contribution is -2.43. The van der Waals surface area contributed by atoms with Crippen molar-refractivity contribution in [3.05, 3.63) is 59.6 Å². The van der Waals surface area contributed by atoms with Gasteiger partial charge in [0.25, 0.3) is 5.91 Å². The smallest absolute Gasteiger partial charge is 0.353 e. The highest BCUT2D eigenvalue weighted by Gasteiger charge is 2.38. The summed E-state index contributed by atoms with van der Waals surface area (Å²) in [5.74, 6) is -1.81. The Labute approximate surface area is 230 Å². The molecule has 1 unspecified atom stereocenters. The number of amides is 2. The van der Waals surface area contributed by atoms with Crippen molar-refractivity contribution in [3.63, 3.8) is 0 Å². The maximum absolute atomic E-state index is 15.1. The maximum atomic E-state index is 15.1. The number of nitrogens with one attached hydrogen (secondary N) is 3. The fourth-order valence-electron chi connectivity index (χ4n) is 4.10. The molecule has 2 amide bonds. The van der Waals surface area contributed by atoms with Gasteiger partial charge < -0.3 is 21.7 Å². The lowest BCUT2D eigenvalue weighted by atomic mass is 10.1. The topological polar surface area (TPSA) is 168 Å². The zero-order chi connectivity index (χ0) is 29.9. The molecule has 1 atom stereocenters. The lowest BCUT2D eigenvalue weighted by molar-refractivity contribution is -0.141. The number of aryl methyl sites for hydroxylation is 1. The van der Waals surface area contributed by atoms with Crippen LogP contribution in [-0.2, 0) is 17.5 Å². The van der Waals surface area contributed by atoms with E-state index in [0.29, 0.717) is 5.56 Å². The number of hydrogen-bond donors (Lipinski definition) is 4. The molecule has 0 aliphatic carbocycles. The van der Waals surface area contributed by atoms with Gasteiger partial charge in [-0.1, -0.05) is 0 Å². The minimum Gasteiger partial charge on any atom is -0.353 e. The Morgan fingerprint density at radius 2 is 2.00 bits per heavy atom. The molecule has 214 valence electrons. The zero-order valence-electron chi connectivity index (χ0n) is 21.8. The fraction of sp³-hybridized carbons (Fsp3) is 0.280. The molecular formula is C25H24F4N10O2. The summed E-state index contributed by atoms with van der Waals surface area (Å²) in [6.07, 6.45) is 0.262. The number of nitriles is 1. The third-order valence-electron chi connectivity index (χ3n) is 5.91. The predicted octanol–water partition coefficient (Wildman–Crippen LogP) is 2.52. The number of fused-ring (bicyclic) bond motifs is 1. The van der Waals surface area contributed by atoms with Crippen molar-refractivity contribution in [1.29, 1.82) is 5.26 Å². The molecule has 16 heteroatoms.